The number of pyridine rings is 1. The first-order chi connectivity index (χ1) is 9.78. The van der Waals surface area contributed by atoms with Crippen LogP contribution >= 0.6 is 0 Å². The van der Waals surface area contributed by atoms with E-state index in [4.69, 9.17) is 4.74 Å². The summed E-state index contributed by atoms with van der Waals surface area (Å²) in [6.07, 6.45) is 4.47. The van der Waals surface area contributed by atoms with Crippen molar-refractivity contribution < 1.29 is 9.13 Å². The topological polar surface area (TPSA) is 34.1 Å². The van der Waals surface area contributed by atoms with Crippen molar-refractivity contribution in [3.8, 4) is 5.88 Å². The van der Waals surface area contributed by atoms with E-state index in [9.17, 15) is 4.39 Å². The van der Waals surface area contributed by atoms with Crippen LogP contribution in [0.3, 0.4) is 0 Å². The van der Waals surface area contributed by atoms with Crippen LogP contribution in [-0.4, -0.2) is 11.5 Å². The summed E-state index contributed by atoms with van der Waals surface area (Å²) < 4.78 is 18.5. The summed E-state index contributed by atoms with van der Waals surface area (Å²) in [7, 11) is 0. The number of rotatable bonds is 7. The van der Waals surface area contributed by atoms with E-state index in [2.05, 4.69) is 16.9 Å². The standard InChI is InChI=1S/C16H17FN2O/c1-2-3-9-18-15-7-8-16(19-11-15)20-12-13-5-4-6-14(17)10-13/h2,4-8,10-11,18H,1,3,9,12H2. The Balaban J connectivity index is 1.85. The molecule has 1 aromatic heterocycles. The molecule has 0 bridgehead atoms. The molecule has 0 fully saturated rings. The van der Waals surface area contributed by atoms with Crippen LogP contribution < -0.4 is 10.1 Å². The molecule has 1 N–H and O–H groups in total. The molecular formula is C16H17FN2O. The van der Waals surface area contributed by atoms with Gasteiger partial charge < -0.3 is 10.1 Å². The zero-order chi connectivity index (χ0) is 14.2. The normalized spacial score (nSPS) is 10.1. The smallest absolute Gasteiger partial charge is 0.213 e. The fraction of sp³-hybridized carbons (Fsp3) is 0.188. The van der Waals surface area contributed by atoms with Gasteiger partial charge in [-0.2, -0.15) is 0 Å². The zero-order valence-electron chi connectivity index (χ0n) is 11.2. The summed E-state index contributed by atoms with van der Waals surface area (Å²) in [6, 6.07) is 10.0. The average Bonchev–Trinajstić information content (AvgIpc) is 2.47. The number of nitrogens with zero attached hydrogens (tertiary/aromatic N) is 1. The molecule has 1 aromatic carbocycles. The summed E-state index contributed by atoms with van der Waals surface area (Å²) >= 11 is 0. The summed E-state index contributed by atoms with van der Waals surface area (Å²) in [4.78, 5) is 4.19. The number of hydrogen-bond donors (Lipinski definition) is 1. The number of anilines is 1. The highest BCUT2D eigenvalue weighted by molar-refractivity contribution is 5.41. The number of benzene rings is 1. The predicted molar refractivity (Wildman–Crippen MR) is 78.3 cm³/mol. The third-order valence-electron chi connectivity index (χ3n) is 2.69. The lowest BCUT2D eigenvalue weighted by Gasteiger charge is -2.07. The van der Waals surface area contributed by atoms with Gasteiger partial charge in [0.15, 0.2) is 0 Å². The number of aromatic nitrogens is 1. The quantitative estimate of drug-likeness (QED) is 0.615. The average molecular weight is 272 g/mol. The Bertz CT molecular complexity index is 555. The molecule has 0 aliphatic rings. The van der Waals surface area contributed by atoms with Gasteiger partial charge in [0.25, 0.3) is 0 Å². The van der Waals surface area contributed by atoms with Gasteiger partial charge in [-0.1, -0.05) is 18.2 Å². The van der Waals surface area contributed by atoms with Gasteiger partial charge in [0.05, 0.1) is 11.9 Å². The zero-order valence-corrected chi connectivity index (χ0v) is 11.2. The molecule has 104 valence electrons. The first kappa shape index (κ1) is 14.1. The predicted octanol–water partition coefficient (Wildman–Crippen LogP) is 3.79. The van der Waals surface area contributed by atoms with E-state index >= 15 is 0 Å². The third-order valence-corrected chi connectivity index (χ3v) is 2.69. The lowest BCUT2D eigenvalue weighted by Crippen LogP contribution is -2.01. The first-order valence-electron chi connectivity index (χ1n) is 6.46. The number of hydrogen-bond acceptors (Lipinski definition) is 3. The van der Waals surface area contributed by atoms with Crippen molar-refractivity contribution in [2.45, 2.75) is 13.0 Å². The minimum Gasteiger partial charge on any atom is -0.473 e. The molecule has 0 amide bonds. The van der Waals surface area contributed by atoms with E-state index in [1.54, 1.807) is 18.3 Å². The van der Waals surface area contributed by atoms with Crippen LogP contribution in [-0.2, 0) is 6.61 Å². The van der Waals surface area contributed by atoms with Crippen molar-refractivity contribution in [2.75, 3.05) is 11.9 Å². The van der Waals surface area contributed by atoms with Crippen LogP contribution in [0.1, 0.15) is 12.0 Å². The molecule has 4 heteroatoms. The highest BCUT2D eigenvalue weighted by Gasteiger charge is 1.99. The minimum absolute atomic E-state index is 0.263. The molecule has 0 saturated carbocycles. The molecule has 0 saturated heterocycles. The van der Waals surface area contributed by atoms with Gasteiger partial charge in [-0.3, -0.25) is 0 Å². The largest absolute Gasteiger partial charge is 0.473 e. The molecular weight excluding hydrogens is 255 g/mol. The SMILES string of the molecule is C=CCCNc1ccc(OCc2cccc(F)c2)nc1. The van der Waals surface area contributed by atoms with Crippen molar-refractivity contribution in [1.82, 2.24) is 4.98 Å². The van der Waals surface area contributed by atoms with Gasteiger partial charge in [0, 0.05) is 12.6 Å². The van der Waals surface area contributed by atoms with Crippen molar-refractivity contribution >= 4 is 5.69 Å². The maximum absolute atomic E-state index is 13.0. The van der Waals surface area contributed by atoms with Gasteiger partial charge in [0.1, 0.15) is 12.4 Å². The Labute approximate surface area is 118 Å². The fourth-order valence-corrected chi connectivity index (χ4v) is 1.67. The number of nitrogens with one attached hydrogen (secondary N) is 1. The Kier molecular flexibility index (Phi) is 5.12. The molecule has 2 aromatic rings. The van der Waals surface area contributed by atoms with Gasteiger partial charge in [-0.25, -0.2) is 9.37 Å². The van der Waals surface area contributed by atoms with Crippen molar-refractivity contribution in [2.24, 2.45) is 0 Å². The molecule has 2 rings (SSSR count). The van der Waals surface area contributed by atoms with E-state index in [0.717, 1.165) is 24.2 Å². The summed E-state index contributed by atoms with van der Waals surface area (Å²) in [5.74, 6) is 0.254. The van der Waals surface area contributed by atoms with Gasteiger partial charge in [0.2, 0.25) is 5.88 Å². The Morgan fingerprint density at radius 2 is 2.20 bits per heavy atom. The molecule has 0 aliphatic heterocycles. The maximum Gasteiger partial charge on any atom is 0.213 e. The van der Waals surface area contributed by atoms with Gasteiger partial charge in [-0.15, -0.1) is 6.58 Å². The summed E-state index contributed by atoms with van der Waals surface area (Å²) in [5, 5.41) is 3.22. The Morgan fingerprint density at radius 1 is 1.30 bits per heavy atom. The van der Waals surface area contributed by atoms with Crippen molar-refractivity contribution in [3.63, 3.8) is 0 Å². The van der Waals surface area contributed by atoms with Gasteiger partial charge >= 0.3 is 0 Å². The second kappa shape index (κ2) is 7.28. The number of ether oxygens (including phenoxy) is 1. The Morgan fingerprint density at radius 3 is 2.90 bits per heavy atom. The van der Waals surface area contributed by atoms with E-state index in [-0.39, 0.29) is 5.82 Å². The van der Waals surface area contributed by atoms with Crippen LogP contribution in [0, 0.1) is 5.82 Å². The van der Waals surface area contributed by atoms with E-state index < -0.39 is 0 Å². The second-order valence-corrected chi connectivity index (χ2v) is 4.31. The molecule has 0 atom stereocenters. The van der Waals surface area contributed by atoms with Crippen molar-refractivity contribution in [1.29, 1.82) is 0 Å². The van der Waals surface area contributed by atoms with Gasteiger partial charge in [-0.05, 0) is 30.2 Å². The lowest BCUT2D eigenvalue weighted by atomic mass is 10.2. The Hall–Kier alpha value is -2.36. The van der Waals surface area contributed by atoms with Crippen LogP contribution in [0.15, 0.2) is 55.3 Å². The molecule has 0 spiro atoms. The van der Waals surface area contributed by atoms with Crippen LogP contribution in [0.25, 0.3) is 0 Å². The molecule has 20 heavy (non-hydrogen) atoms. The summed E-state index contributed by atoms with van der Waals surface area (Å²) in [6.45, 7) is 4.79. The van der Waals surface area contributed by atoms with E-state index in [1.807, 2.05) is 18.2 Å². The van der Waals surface area contributed by atoms with Crippen molar-refractivity contribution in [3.05, 3.63) is 66.6 Å². The minimum atomic E-state index is -0.263. The highest BCUT2D eigenvalue weighted by Crippen LogP contribution is 2.13. The highest BCUT2D eigenvalue weighted by atomic mass is 19.1. The maximum atomic E-state index is 13.0. The fourth-order valence-electron chi connectivity index (χ4n) is 1.67. The molecule has 0 radical (unpaired) electrons. The van der Waals surface area contributed by atoms with E-state index in [1.165, 1.54) is 12.1 Å². The van der Waals surface area contributed by atoms with Crippen LogP contribution in [0.5, 0.6) is 5.88 Å². The first-order valence-corrected chi connectivity index (χ1v) is 6.46. The monoisotopic (exact) mass is 272 g/mol. The van der Waals surface area contributed by atoms with E-state index in [0.29, 0.717) is 12.5 Å². The second-order valence-electron chi connectivity index (χ2n) is 4.31. The third kappa shape index (κ3) is 4.39. The van der Waals surface area contributed by atoms with Crippen LogP contribution in [0.2, 0.25) is 0 Å². The number of halogens is 1. The molecule has 0 unspecified atom stereocenters. The van der Waals surface area contributed by atoms with Crippen LogP contribution in [0.4, 0.5) is 10.1 Å². The molecule has 1 heterocycles. The summed E-state index contributed by atoms with van der Waals surface area (Å²) in [5.41, 5.74) is 1.71. The molecule has 3 nitrogen and oxygen atoms in total. The molecule has 0 aliphatic carbocycles. The lowest BCUT2D eigenvalue weighted by molar-refractivity contribution is 0.293.